The standard InChI is InChI=1S/C17H26N4O2/c1-2-20-11-17(9-7-14(20)22)8-4-10-21(12-17)16-19-18-15(23-16)13-5-3-6-13/h13H,2-12H2,1H3/t17-/m1/s1. The number of hydrogen-bond donors (Lipinski definition) is 0. The quantitative estimate of drug-likeness (QED) is 0.857. The first kappa shape index (κ1) is 15.0. The molecule has 2 saturated heterocycles. The number of likely N-dealkylation sites (tertiary alicyclic amines) is 1. The van der Waals surface area contributed by atoms with Gasteiger partial charge in [-0.2, -0.15) is 0 Å². The summed E-state index contributed by atoms with van der Waals surface area (Å²) in [6, 6.07) is 0.686. The summed E-state index contributed by atoms with van der Waals surface area (Å²) in [5.41, 5.74) is 0.202. The van der Waals surface area contributed by atoms with Gasteiger partial charge in [-0.05, 0) is 39.0 Å². The summed E-state index contributed by atoms with van der Waals surface area (Å²) in [5.74, 6) is 1.61. The van der Waals surface area contributed by atoms with Gasteiger partial charge in [-0.15, -0.1) is 5.10 Å². The van der Waals surface area contributed by atoms with E-state index in [-0.39, 0.29) is 5.41 Å². The van der Waals surface area contributed by atoms with Crippen molar-refractivity contribution in [3.63, 3.8) is 0 Å². The molecule has 1 amide bonds. The van der Waals surface area contributed by atoms with Crippen molar-refractivity contribution in [2.24, 2.45) is 5.41 Å². The van der Waals surface area contributed by atoms with E-state index >= 15 is 0 Å². The fraction of sp³-hybridized carbons (Fsp3) is 0.824. The summed E-state index contributed by atoms with van der Waals surface area (Å²) < 4.78 is 5.96. The van der Waals surface area contributed by atoms with Gasteiger partial charge < -0.3 is 14.2 Å². The molecule has 1 spiro atoms. The van der Waals surface area contributed by atoms with Gasteiger partial charge in [-0.25, -0.2) is 0 Å². The maximum atomic E-state index is 12.0. The summed E-state index contributed by atoms with van der Waals surface area (Å²) in [6.45, 7) is 5.67. The molecule has 3 heterocycles. The lowest BCUT2D eigenvalue weighted by Crippen LogP contribution is -2.54. The normalized spacial score (nSPS) is 29.2. The Morgan fingerprint density at radius 1 is 1.22 bits per heavy atom. The van der Waals surface area contributed by atoms with Crippen LogP contribution in [-0.2, 0) is 4.79 Å². The molecule has 23 heavy (non-hydrogen) atoms. The Labute approximate surface area is 137 Å². The van der Waals surface area contributed by atoms with Crippen LogP contribution in [0.15, 0.2) is 4.42 Å². The second-order valence-electron chi connectivity index (χ2n) is 7.48. The number of hydrogen-bond acceptors (Lipinski definition) is 5. The molecule has 1 aromatic heterocycles. The van der Waals surface area contributed by atoms with Crippen molar-refractivity contribution in [3.8, 4) is 0 Å². The molecule has 2 aliphatic heterocycles. The number of carbonyl (C=O) groups is 1. The smallest absolute Gasteiger partial charge is 0.318 e. The Balaban J connectivity index is 1.48. The molecule has 1 aromatic rings. The van der Waals surface area contributed by atoms with Gasteiger partial charge in [0.2, 0.25) is 11.8 Å². The molecule has 1 saturated carbocycles. The lowest BCUT2D eigenvalue weighted by Gasteiger charge is -2.47. The second kappa shape index (κ2) is 5.80. The Morgan fingerprint density at radius 3 is 2.83 bits per heavy atom. The van der Waals surface area contributed by atoms with E-state index in [1.165, 1.54) is 25.7 Å². The number of rotatable bonds is 3. The number of anilines is 1. The summed E-state index contributed by atoms with van der Waals surface area (Å²) in [5, 5.41) is 8.57. The van der Waals surface area contributed by atoms with Gasteiger partial charge in [-0.1, -0.05) is 11.5 Å². The van der Waals surface area contributed by atoms with E-state index in [1.54, 1.807) is 0 Å². The fourth-order valence-corrected chi connectivity index (χ4v) is 4.27. The molecule has 0 aromatic carbocycles. The van der Waals surface area contributed by atoms with Crippen LogP contribution in [0.4, 0.5) is 6.01 Å². The van der Waals surface area contributed by atoms with Gasteiger partial charge in [-0.3, -0.25) is 4.79 Å². The van der Waals surface area contributed by atoms with Gasteiger partial charge in [0, 0.05) is 43.9 Å². The molecular formula is C17H26N4O2. The maximum Gasteiger partial charge on any atom is 0.318 e. The van der Waals surface area contributed by atoms with Gasteiger partial charge in [0.15, 0.2) is 0 Å². The van der Waals surface area contributed by atoms with Gasteiger partial charge in [0.25, 0.3) is 0 Å². The predicted molar refractivity (Wildman–Crippen MR) is 86.3 cm³/mol. The summed E-state index contributed by atoms with van der Waals surface area (Å²) in [7, 11) is 0. The predicted octanol–water partition coefficient (Wildman–Crippen LogP) is 2.57. The summed E-state index contributed by atoms with van der Waals surface area (Å²) >= 11 is 0. The van der Waals surface area contributed by atoms with Crippen molar-refractivity contribution in [3.05, 3.63) is 5.89 Å². The molecule has 3 fully saturated rings. The monoisotopic (exact) mass is 318 g/mol. The Kier molecular flexibility index (Phi) is 3.77. The van der Waals surface area contributed by atoms with Gasteiger partial charge in [0.1, 0.15) is 0 Å². The number of amides is 1. The molecule has 3 aliphatic rings. The second-order valence-corrected chi connectivity index (χ2v) is 7.48. The van der Waals surface area contributed by atoms with Crippen LogP contribution in [0.5, 0.6) is 0 Å². The van der Waals surface area contributed by atoms with Crippen LogP contribution in [-0.4, -0.2) is 47.2 Å². The third-order valence-electron chi connectivity index (χ3n) is 5.95. The first-order chi connectivity index (χ1) is 11.2. The molecule has 6 nitrogen and oxygen atoms in total. The third kappa shape index (κ3) is 2.72. The van der Waals surface area contributed by atoms with E-state index in [2.05, 4.69) is 22.0 Å². The molecule has 1 aliphatic carbocycles. The minimum atomic E-state index is 0.202. The molecule has 6 heteroatoms. The number of piperidine rings is 2. The lowest BCUT2D eigenvalue weighted by molar-refractivity contribution is -0.137. The van der Waals surface area contributed by atoms with Crippen LogP contribution in [0, 0.1) is 5.41 Å². The number of carbonyl (C=O) groups excluding carboxylic acids is 1. The van der Waals surface area contributed by atoms with Crippen molar-refractivity contribution in [1.82, 2.24) is 15.1 Å². The van der Waals surface area contributed by atoms with Gasteiger partial charge in [0.05, 0.1) is 0 Å². The van der Waals surface area contributed by atoms with Crippen molar-refractivity contribution in [2.45, 2.75) is 57.8 Å². The number of aromatic nitrogens is 2. The molecular weight excluding hydrogens is 292 g/mol. The zero-order valence-corrected chi connectivity index (χ0v) is 14.0. The molecule has 1 atom stereocenters. The van der Waals surface area contributed by atoms with Crippen molar-refractivity contribution in [1.29, 1.82) is 0 Å². The molecule has 0 bridgehead atoms. The SMILES string of the molecule is CCN1C[C@@]2(CCCN(c3nnc(C4CCC4)o3)C2)CCC1=O. The number of nitrogens with zero attached hydrogens (tertiary/aromatic N) is 4. The third-order valence-corrected chi connectivity index (χ3v) is 5.95. The summed E-state index contributed by atoms with van der Waals surface area (Å²) in [6.07, 6.45) is 7.62. The van der Waals surface area contributed by atoms with E-state index in [4.69, 9.17) is 4.42 Å². The molecule has 0 N–H and O–H groups in total. The van der Waals surface area contributed by atoms with Crippen LogP contribution < -0.4 is 4.90 Å². The zero-order valence-electron chi connectivity index (χ0n) is 14.0. The van der Waals surface area contributed by atoms with E-state index in [1.807, 2.05) is 4.90 Å². The highest BCUT2D eigenvalue weighted by Gasteiger charge is 2.42. The van der Waals surface area contributed by atoms with E-state index in [0.717, 1.165) is 44.9 Å². The van der Waals surface area contributed by atoms with Crippen molar-refractivity contribution < 1.29 is 9.21 Å². The fourth-order valence-electron chi connectivity index (χ4n) is 4.27. The van der Waals surface area contributed by atoms with Gasteiger partial charge >= 0.3 is 6.01 Å². The van der Waals surface area contributed by atoms with Crippen LogP contribution >= 0.6 is 0 Å². The minimum Gasteiger partial charge on any atom is -0.408 e. The Morgan fingerprint density at radius 2 is 2.09 bits per heavy atom. The van der Waals surface area contributed by atoms with E-state index in [0.29, 0.717) is 24.3 Å². The maximum absolute atomic E-state index is 12.0. The average Bonchev–Trinajstić information content (AvgIpc) is 2.98. The van der Waals surface area contributed by atoms with Crippen LogP contribution in [0.3, 0.4) is 0 Å². The van der Waals surface area contributed by atoms with Crippen molar-refractivity contribution in [2.75, 3.05) is 31.1 Å². The highest BCUT2D eigenvalue weighted by atomic mass is 16.4. The van der Waals surface area contributed by atoms with Crippen LogP contribution in [0.2, 0.25) is 0 Å². The average molecular weight is 318 g/mol. The lowest BCUT2D eigenvalue weighted by atomic mass is 9.73. The highest BCUT2D eigenvalue weighted by molar-refractivity contribution is 5.77. The molecule has 126 valence electrons. The van der Waals surface area contributed by atoms with Crippen LogP contribution in [0.25, 0.3) is 0 Å². The summed E-state index contributed by atoms with van der Waals surface area (Å²) in [4.78, 5) is 16.3. The van der Waals surface area contributed by atoms with Crippen LogP contribution in [0.1, 0.15) is 63.7 Å². The topological polar surface area (TPSA) is 62.5 Å². The molecule has 0 unspecified atom stereocenters. The molecule has 0 radical (unpaired) electrons. The first-order valence-electron chi connectivity index (χ1n) is 9.05. The van der Waals surface area contributed by atoms with E-state index < -0.39 is 0 Å². The highest BCUT2D eigenvalue weighted by Crippen LogP contribution is 2.41. The van der Waals surface area contributed by atoms with E-state index in [9.17, 15) is 4.79 Å². The Bertz CT molecular complexity index is 583. The van der Waals surface area contributed by atoms with Crippen molar-refractivity contribution >= 4 is 11.9 Å². The Hall–Kier alpha value is -1.59. The first-order valence-corrected chi connectivity index (χ1v) is 9.05. The zero-order chi connectivity index (χ0) is 15.9. The minimum absolute atomic E-state index is 0.202. The molecule has 4 rings (SSSR count). The largest absolute Gasteiger partial charge is 0.408 e.